The second-order valence-electron chi connectivity index (χ2n) is 6.45. The van der Waals surface area contributed by atoms with Gasteiger partial charge in [0.25, 0.3) is 0 Å². The Morgan fingerprint density at radius 3 is 2.22 bits per heavy atom. The number of sulfonamides is 1. The molecule has 27 heavy (non-hydrogen) atoms. The monoisotopic (exact) mass is 388 g/mol. The van der Waals surface area contributed by atoms with Crippen LogP contribution in [-0.2, 0) is 21.4 Å². The Morgan fingerprint density at radius 1 is 1.04 bits per heavy atom. The highest BCUT2D eigenvalue weighted by Gasteiger charge is 2.19. The minimum absolute atomic E-state index is 0.0351. The van der Waals surface area contributed by atoms with Crippen molar-refractivity contribution in [3.63, 3.8) is 0 Å². The fourth-order valence-corrected chi connectivity index (χ4v) is 3.37. The first-order valence-corrected chi connectivity index (χ1v) is 10.4. The molecule has 0 heterocycles. The van der Waals surface area contributed by atoms with E-state index in [4.69, 9.17) is 0 Å². The van der Waals surface area contributed by atoms with Crippen LogP contribution in [0.4, 0.5) is 5.69 Å². The first-order chi connectivity index (χ1) is 12.7. The summed E-state index contributed by atoms with van der Waals surface area (Å²) in [5, 5.41) is 2.72. The molecule has 2 aromatic rings. The van der Waals surface area contributed by atoms with E-state index in [1.54, 1.807) is 24.3 Å². The summed E-state index contributed by atoms with van der Waals surface area (Å²) in [5.41, 5.74) is 3.04. The molecule has 0 aliphatic heterocycles. The lowest BCUT2D eigenvalue weighted by molar-refractivity contribution is -0.116. The number of aryl methyl sites for hydroxylation is 1. The van der Waals surface area contributed by atoms with Gasteiger partial charge in [-0.15, -0.1) is 0 Å². The molecular formula is C20H24N2O4S. The van der Waals surface area contributed by atoms with Crippen LogP contribution in [0.15, 0.2) is 48.5 Å². The van der Waals surface area contributed by atoms with E-state index < -0.39 is 10.0 Å². The van der Waals surface area contributed by atoms with E-state index in [-0.39, 0.29) is 31.2 Å². The molecule has 0 atom stereocenters. The average molecular weight is 388 g/mol. The zero-order valence-corrected chi connectivity index (χ0v) is 16.5. The van der Waals surface area contributed by atoms with Crippen LogP contribution in [-0.4, -0.2) is 37.2 Å². The first-order valence-electron chi connectivity index (χ1n) is 8.57. The van der Waals surface area contributed by atoms with Crippen LogP contribution in [0.1, 0.15) is 34.8 Å². The van der Waals surface area contributed by atoms with Crippen LogP contribution in [0.5, 0.6) is 0 Å². The van der Waals surface area contributed by atoms with Crippen molar-refractivity contribution in [2.45, 2.75) is 26.8 Å². The van der Waals surface area contributed by atoms with Gasteiger partial charge < -0.3 is 5.32 Å². The Balaban J connectivity index is 1.99. The number of amides is 1. The molecule has 0 aliphatic carbocycles. The predicted molar refractivity (Wildman–Crippen MR) is 106 cm³/mol. The standard InChI is InChI=1S/C20H24N2O4S/c1-15-6-4-5-7-18(15)14-22(27(3,25)26)13-12-20(24)21-19-10-8-17(9-11-19)16(2)23/h4-11H,12-14H2,1-3H3,(H,21,24). The van der Waals surface area contributed by atoms with Crippen molar-refractivity contribution in [2.24, 2.45) is 0 Å². The molecule has 0 saturated heterocycles. The van der Waals surface area contributed by atoms with E-state index in [9.17, 15) is 18.0 Å². The molecule has 0 aliphatic rings. The maximum Gasteiger partial charge on any atom is 0.225 e. The SMILES string of the molecule is CC(=O)c1ccc(NC(=O)CCN(Cc2ccccc2C)S(C)(=O)=O)cc1. The molecule has 0 aromatic heterocycles. The van der Waals surface area contributed by atoms with Gasteiger partial charge in [0.1, 0.15) is 0 Å². The van der Waals surface area contributed by atoms with Crippen LogP contribution >= 0.6 is 0 Å². The van der Waals surface area contributed by atoms with E-state index in [0.29, 0.717) is 11.3 Å². The fraction of sp³-hybridized carbons (Fsp3) is 0.300. The number of Topliss-reactive ketones (excluding diaryl/α,β-unsaturated/α-hetero) is 1. The second-order valence-corrected chi connectivity index (χ2v) is 8.44. The molecule has 7 heteroatoms. The summed E-state index contributed by atoms with van der Waals surface area (Å²) in [5.74, 6) is -0.336. The Bertz CT molecular complexity index is 921. The summed E-state index contributed by atoms with van der Waals surface area (Å²) in [6.07, 6.45) is 1.18. The molecule has 0 unspecified atom stereocenters. The van der Waals surface area contributed by atoms with Gasteiger partial charge in [-0.3, -0.25) is 9.59 Å². The third-order valence-corrected chi connectivity index (χ3v) is 5.49. The van der Waals surface area contributed by atoms with Gasteiger partial charge in [0.2, 0.25) is 15.9 Å². The number of rotatable bonds is 8. The van der Waals surface area contributed by atoms with Crippen molar-refractivity contribution < 1.29 is 18.0 Å². The molecule has 6 nitrogen and oxygen atoms in total. The van der Waals surface area contributed by atoms with Gasteiger partial charge in [-0.1, -0.05) is 24.3 Å². The molecule has 144 valence electrons. The Hall–Kier alpha value is -2.51. The molecule has 0 radical (unpaired) electrons. The van der Waals surface area contributed by atoms with Crippen LogP contribution in [0.2, 0.25) is 0 Å². The Labute approximate surface area is 160 Å². The number of benzene rings is 2. The van der Waals surface area contributed by atoms with Crippen LogP contribution in [0.3, 0.4) is 0 Å². The summed E-state index contributed by atoms with van der Waals surface area (Å²) in [6, 6.07) is 14.1. The number of ketones is 1. The number of hydrogen-bond donors (Lipinski definition) is 1. The van der Waals surface area contributed by atoms with Crippen LogP contribution in [0.25, 0.3) is 0 Å². The number of anilines is 1. The maximum absolute atomic E-state index is 12.2. The largest absolute Gasteiger partial charge is 0.326 e. The van der Waals surface area contributed by atoms with Crippen molar-refractivity contribution in [1.29, 1.82) is 0 Å². The maximum atomic E-state index is 12.2. The van der Waals surface area contributed by atoms with Gasteiger partial charge in [-0.2, -0.15) is 4.31 Å². The molecular weight excluding hydrogens is 364 g/mol. The molecule has 2 rings (SSSR count). The number of nitrogens with one attached hydrogen (secondary N) is 1. The molecule has 0 spiro atoms. The molecule has 0 saturated carbocycles. The van der Waals surface area contributed by atoms with E-state index in [2.05, 4.69) is 5.32 Å². The van der Waals surface area contributed by atoms with Gasteiger partial charge in [-0.05, 0) is 49.2 Å². The van der Waals surface area contributed by atoms with E-state index in [1.807, 2.05) is 31.2 Å². The quantitative estimate of drug-likeness (QED) is 0.705. The van der Waals surface area contributed by atoms with Crippen molar-refractivity contribution in [3.8, 4) is 0 Å². The summed E-state index contributed by atoms with van der Waals surface area (Å²) in [4.78, 5) is 23.5. The molecule has 0 bridgehead atoms. The lowest BCUT2D eigenvalue weighted by Crippen LogP contribution is -2.32. The van der Waals surface area contributed by atoms with Gasteiger partial charge in [0.05, 0.1) is 6.26 Å². The predicted octanol–water partition coefficient (Wildman–Crippen LogP) is 2.99. The zero-order chi connectivity index (χ0) is 20.0. The topological polar surface area (TPSA) is 83.6 Å². The Kier molecular flexibility index (Phi) is 6.87. The summed E-state index contributed by atoms with van der Waals surface area (Å²) in [7, 11) is -3.45. The lowest BCUT2D eigenvalue weighted by atomic mass is 10.1. The second kappa shape index (κ2) is 8.92. The molecule has 0 fully saturated rings. The first kappa shape index (κ1) is 20.8. The molecule has 1 amide bonds. The van der Waals surface area contributed by atoms with E-state index in [1.165, 1.54) is 11.2 Å². The smallest absolute Gasteiger partial charge is 0.225 e. The number of carbonyl (C=O) groups is 2. The highest BCUT2D eigenvalue weighted by atomic mass is 32.2. The fourth-order valence-electron chi connectivity index (χ4n) is 2.58. The average Bonchev–Trinajstić information content (AvgIpc) is 2.59. The van der Waals surface area contributed by atoms with Crippen molar-refractivity contribution in [1.82, 2.24) is 4.31 Å². The van der Waals surface area contributed by atoms with Gasteiger partial charge in [0, 0.05) is 30.8 Å². The van der Waals surface area contributed by atoms with Gasteiger partial charge in [-0.25, -0.2) is 8.42 Å². The number of carbonyl (C=O) groups excluding carboxylic acids is 2. The van der Waals surface area contributed by atoms with E-state index >= 15 is 0 Å². The summed E-state index contributed by atoms with van der Waals surface area (Å²) in [6.45, 7) is 3.71. The van der Waals surface area contributed by atoms with Crippen LogP contribution in [0, 0.1) is 6.92 Å². The highest BCUT2D eigenvalue weighted by molar-refractivity contribution is 7.88. The number of nitrogens with zero attached hydrogens (tertiary/aromatic N) is 1. The van der Waals surface area contributed by atoms with Crippen molar-refractivity contribution in [2.75, 3.05) is 18.1 Å². The normalized spacial score (nSPS) is 11.4. The summed E-state index contributed by atoms with van der Waals surface area (Å²) < 4.78 is 25.5. The van der Waals surface area contributed by atoms with Crippen LogP contribution < -0.4 is 5.32 Å². The molecule has 1 N–H and O–H groups in total. The van der Waals surface area contributed by atoms with Gasteiger partial charge >= 0.3 is 0 Å². The van der Waals surface area contributed by atoms with Crippen molar-refractivity contribution >= 4 is 27.4 Å². The van der Waals surface area contributed by atoms with Gasteiger partial charge in [0.15, 0.2) is 5.78 Å². The molecule has 2 aromatic carbocycles. The highest BCUT2D eigenvalue weighted by Crippen LogP contribution is 2.14. The summed E-state index contributed by atoms with van der Waals surface area (Å²) >= 11 is 0. The zero-order valence-electron chi connectivity index (χ0n) is 15.7. The minimum atomic E-state index is -3.45. The lowest BCUT2D eigenvalue weighted by Gasteiger charge is -2.20. The third-order valence-electron chi connectivity index (χ3n) is 4.24. The number of hydrogen-bond acceptors (Lipinski definition) is 4. The Morgan fingerprint density at radius 2 is 1.67 bits per heavy atom. The van der Waals surface area contributed by atoms with Crippen molar-refractivity contribution in [3.05, 3.63) is 65.2 Å². The third kappa shape index (κ3) is 6.30. The van der Waals surface area contributed by atoms with E-state index in [0.717, 1.165) is 17.4 Å². The minimum Gasteiger partial charge on any atom is -0.326 e.